The summed E-state index contributed by atoms with van der Waals surface area (Å²) in [4.78, 5) is 10.8. The van der Waals surface area contributed by atoms with E-state index in [4.69, 9.17) is 0 Å². The van der Waals surface area contributed by atoms with E-state index in [1.165, 1.54) is 0 Å². The van der Waals surface area contributed by atoms with Crippen molar-refractivity contribution in [3.8, 4) is 0 Å². The second-order valence-electron chi connectivity index (χ2n) is 2.13. The summed E-state index contributed by atoms with van der Waals surface area (Å²) in [5.74, 6) is -0.0344. The smallest absolute Gasteiger partial charge is 0.244 e. The summed E-state index contributed by atoms with van der Waals surface area (Å²) in [5, 5.41) is 5.67. The Hall–Kier alpha value is -0.830. The number of allylic oxidation sites excluding steroid dienone is 1. The molecule has 11 heavy (non-hydrogen) atoms. The number of rotatable bonds is 5. The predicted molar refractivity (Wildman–Crippen MR) is 46.1 cm³/mol. The van der Waals surface area contributed by atoms with Gasteiger partial charge in [0.05, 0.1) is 6.67 Å². The lowest BCUT2D eigenvalue weighted by Crippen LogP contribution is -2.32. The molecule has 0 saturated carbocycles. The number of carbonyl (C=O) groups excluding carboxylic acids is 1. The van der Waals surface area contributed by atoms with E-state index in [1.54, 1.807) is 6.08 Å². The first kappa shape index (κ1) is 10.2. The molecule has 0 unspecified atom stereocenters. The van der Waals surface area contributed by atoms with Crippen LogP contribution in [0.25, 0.3) is 0 Å². The molecule has 0 spiro atoms. The van der Waals surface area contributed by atoms with E-state index in [0.29, 0.717) is 6.67 Å². The lowest BCUT2D eigenvalue weighted by Gasteiger charge is -2.00. The van der Waals surface area contributed by atoms with E-state index >= 15 is 0 Å². The first-order chi connectivity index (χ1) is 5.31. The highest BCUT2D eigenvalue weighted by molar-refractivity contribution is 5.87. The molecule has 0 saturated heterocycles. The first-order valence-electron chi connectivity index (χ1n) is 3.96. The van der Waals surface area contributed by atoms with E-state index in [9.17, 15) is 4.79 Å². The Balaban J connectivity index is 3.30. The normalized spacial score (nSPS) is 10.4. The zero-order valence-electron chi connectivity index (χ0n) is 7.18. The monoisotopic (exact) mass is 156 g/mol. The van der Waals surface area contributed by atoms with Crippen molar-refractivity contribution in [3.63, 3.8) is 0 Å². The predicted octanol–water partition coefficient (Wildman–Crippen LogP) is 0.636. The van der Waals surface area contributed by atoms with Gasteiger partial charge in [0.1, 0.15) is 0 Å². The number of hydrogen-bond acceptors (Lipinski definition) is 2. The highest BCUT2D eigenvalue weighted by atomic mass is 16.1. The number of hydrogen-bond donors (Lipinski definition) is 2. The van der Waals surface area contributed by atoms with Crippen LogP contribution < -0.4 is 10.6 Å². The third-order valence-electron chi connectivity index (χ3n) is 1.14. The topological polar surface area (TPSA) is 41.1 Å². The van der Waals surface area contributed by atoms with Crippen molar-refractivity contribution in [2.45, 2.75) is 20.3 Å². The summed E-state index contributed by atoms with van der Waals surface area (Å²) in [6.45, 7) is 5.41. The minimum absolute atomic E-state index is 0.0344. The van der Waals surface area contributed by atoms with Crippen LogP contribution in [0.15, 0.2) is 12.2 Å². The molecule has 0 bridgehead atoms. The van der Waals surface area contributed by atoms with Crippen molar-refractivity contribution in [3.05, 3.63) is 12.2 Å². The van der Waals surface area contributed by atoms with Crippen LogP contribution in [0, 0.1) is 0 Å². The molecule has 3 nitrogen and oxygen atoms in total. The van der Waals surface area contributed by atoms with Crippen LogP contribution in [0.4, 0.5) is 0 Å². The van der Waals surface area contributed by atoms with E-state index in [0.717, 1.165) is 13.0 Å². The Morgan fingerprint density at radius 2 is 2.18 bits per heavy atom. The quantitative estimate of drug-likeness (QED) is 0.348. The second-order valence-corrected chi connectivity index (χ2v) is 2.13. The van der Waals surface area contributed by atoms with Crippen LogP contribution >= 0.6 is 0 Å². The fraction of sp³-hybridized carbons (Fsp3) is 0.625. The van der Waals surface area contributed by atoms with Crippen LogP contribution in [0.1, 0.15) is 20.3 Å². The Labute approximate surface area is 67.9 Å². The van der Waals surface area contributed by atoms with Crippen molar-refractivity contribution in [1.29, 1.82) is 0 Å². The summed E-state index contributed by atoms with van der Waals surface area (Å²) < 4.78 is 0. The van der Waals surface area contributed by atoms with Crippen LogP contribution in [0.2, 0.25) is 0 Å². The molecule has 0 radical (unpaired) electrons. The minimum atomic E-state index is -0.0344. The standard InChI is InChI=1S/C8H16N2O/c1-3-5-6-8(11)10-7-9-4-2/h5-6,9H,3-4,7H2,1-2H3,(H,10,11)/b6-5+. The molecule has 0 aliphatic rings. The maximum absolute atomic E-state index is 10.8. The fourth-order valence-corrected chi connectivity index (χ4v) is 0.558. The van der Waals surface area contributed by atoms with E-state index < -0.39 is 0 Å². The molecule has 0 aliphatic carbocycles. The van der Waals surface area contributed by atoms with Crippen molar-refractivity contribution in [1.82, 2.24) is 10.6 Å². The SMILES string of the molecule is CC/C=C/C(=O)NCNCC. The van der Waals surface area contributed by atoms with Gasteiger partial charge in [0.2, 0.25) is 5.91 Å². The van der Waals surface area contributed by atoms with Crippen LogP contribution in [0.5, 0.6) is 0 Å². The summed E-state index contributed by atoms with van der Waals surface area (Å²) in [6.07, 6.45) is 4.28. The molecule has 0 fully saturated rings. The Morgan fingerprint density at radius 1 is 1.45 bits per heavy atom. The molecule has 0 heterocycles. The average molecular weight is 156 g/mol. The maximum atomic E-state index is 10.8. The average Bonchev–Trinajstić information content (AvgIpc) is 2.01. The van der Waals surface area contributed by atoms with Gasteiger partial charge in [0.15, 0.2) is 0 Å². The van der Waals surface area contributed by atoms with Gasteiger partial charge in [-0.1, -0.05) is 19.9 Å². The van der Waals surface area contributed by atoms with Crippen molar-refractivity contribution >= 4 is 5.91 Å². The summed E-state index contributed by atoms with van der Waals surface area (Å²) in [6, 6.07) is 0. The van der Waals surface area contributed by atoms with E-state index in [2.05, 4.69) is 10.6 Å². The van der Waals surface area contributed by atoms with Gasteiger partial charge in [0, 0.05) is 0 Å². The molecular formula is C8H16N2O. The van der Waals surface area contributed by atoms with E-state index in [-0.39, 0.29) is 5.91 Å². The summed E-state index contributed by atoms with van der Waals surface area (Å²) in [7, 11) is 0. The van der Waals surface area contributed by atoms with Crippen LogP contribution in [-0.2, 0) is 4.79 Å². The fourth-order valence-electron chi connectivity index (χ4n) is 0.558. The van der Waals surface area contributed by atoms with Gasteiger partial charge in [-0.15, -0.1) is 0 Å². The highest BCUT2D eigenvalue weighted by Crippen LogP contribution is 1.78. The van der Waals surface area contributed by atoms with Crippen molar-refractivity contribution in [2.75, 3.05) is 13.2 Å². The van der Waals surface area contributed by atoms with Gasteiger partial charge >= 0.3 is 0 Å². The lowest BCUT2D eigenvalue weighted by atomic mass is 10.4. The molecule has 0 aromatic heterocycles. The van der Waals surface area contributed by atoms with Crippen LogP contribution in [0.3, 0.4) is 0 Å². The zero-order valence-corrected chi connectivity index (χ0v) is 7.18. The summed E-state index contributed by atoms with van der Waals surface area (Å²) in [5.41, 5.74) is 0. The van der Waals surface area contributed by atoms with Gasteiger partial charge < -0.3 is 10.6 Å². The molecule has 0 aliphatic heterocycles. The van der Waals surface area contributed by atoms with Crippen molar-refractivity contribution < 1.29 is 4.79 Å². The number of carbonyl (C=O) groups is 1. The van der Waals surface area contributed by atoms with Gasteiger partial charge in [0.25, 0.3) is 0 Å². The third kappa shape index (κ3) is 7.06. The highest BCUT2D eigenvalue weighted by Gasteiger charge is 1.89. The first-order valence-corrected chi connectivity index (χ1v) is 3.96. The summed E-state index contributed by atoms with van der Waals surface area (Å²) >= 11 is 0. The Bertz CT molecular complexity index is 132. The molecule has 0 rings (SSSR count). The Kier molecular flexibility index (Phi) is 6.73. The van der Waals surface area contributed by atoms with Crippen LogP contribution in [-0.4, -0.2) is 19.1 Å². The molecule has 0 aromatic carbocycles. The molecule has 64 valence electrons. The number of amides is 1. The molecule has 2 N–H and O–H groups in total. The van der Waals surface area contributed by atoms with Gasteiger partial charge in [-0.25, -0.2) is 0 Å². The third-order valence-corrected chi connectivity index (χ3v) is 1.14. The number of nitrogens with one attached hydrogen (secondary N) is 2. The van der Waals surface area contributed by atoms with Gasteiger partial charge in [-0.05, 0) is 19.0 Å². The maximum Gasteiger partial charge on any atom is 0.244 e. The molecule has 3 heteroatoms. The molecule has 0 aromatic rings. The zero-order chi connectivity index (χ0) is 8.53. The lowest BCUT2D eigenvalue weighted by molar-refractivity contribution is -0.116. The van der Waals surface area contributed by atoms with E-state index in [1.807, 2.05) is 19.9 Å². The second kappa shape index (κ2) is 7.28. The van der Waals surface area contributed by atoms with Gasteiger partial charge in [-0.3, -0.25) is 4.79 Å². The molecule has 0 atom stereocenters. The molecular weight excluding hydrogens is 140 g/mol. The molecule has 1 amide bonds. The Morgan fingerprint density at radius 3 is 2.73 bits per heavy atom. The largest absolute Gasteiger partial charge is 0.340 e. The van der Waals surface area contributed by atoms with Gasteiger partial charge in [-0.2, -0.15) is 0 Å². The van der Waals surface area contributed by atoms with Crippen molar-refractivity contribution in [2.24, 2.45) is 0 Å². The minimum Gasteiger partial charge on any atom is -0.340 e.